The molecular weight excluding hydrogens is 392 g/mol. The Morgan fingerprint density at radius 3 is 1.77 bits per heavy atom. The van der Waals surface area contributed by atoms with E-state index in [1.807, 2.05) is 0 Å². The minimum Gasteiger partial charge on any atom is -0.462 e. The van der Waals surface area contributed by atoms with Crippen LogP contribution in [0.15, 0.2) is 12.2 Å². The number of rotatable bonds is 22. The number of unbranched alkanes of at least 4 members (excludes halogenated alkanes) is 13. The Labute approximate surface area is 191 Å². The molecule has 0 amide bonds. The first-order chi connectivity index (χ1) is 15.1. The zero-order chi connectivity index (χ0) is 23.0. The van der Waals surface area contributed by atoms with Crippen molar-refractivity contribution in [2.24, 2.45) is 0 Å². The predicted molar refractivity (Wildman–Crippen MR) is 127 cm³/mol. The fourth-order valence-electron chi connectivity index (χ4n) is 3.35. The van der Waals surface area contributed by atoms with E-state index >= 15 is 0 Å². The average molecular weight is 441 g/mol. The molecule has 0 saturated carbocycles. The van der Waals surface area contributed by atoms with Crippen molar-refractivity contribution in [3.8, 4) is 0 Å². The molecule has 0 heterocycles. The Morgan fingerprint density at radius 2 is 1.26 bits per heavy atom. The number of aliphatic hydroxyl groups excluding tert-OH is 1. The lowest BCUT2D eigenvalue weighted by atomic mass is 10.1. The molecule has 0 aliphatic heterocycles. The van der Waals surface area contributed by atoms with Crippen molar-refractivity contribution in [2.45, 2.75) is 129 Å². The van der Waals surface area contributed by atoms with Gasteiger partial charge < -0.3 is 14.6 Å². The first kappa shape index (κ1) is 29.6. The molecule has 1 unspecified atom stereocenters. The molecule has 0 aromatic carbocycles. The number of hydrogen-bond donors (Lipinski definition) is 1. The zero-order valence-electron chi connectivity index (χ0n) is 20.2. The highest BCUT2D eigenvalue weighted by atomic mass is 16.6. The first-order valence-corrected chi connectivity index (χ1v) is 12.7. The lowest BCUT2D eigenvalue weighted by Gasteiger charge is -2.15. The van der Waals surface area contributed by atoms with Gasteiger partial charge in [0.2, 0.25) is 0 Å². The van der Waals surface area contributed by atoms with Gasteiger partial charge in [-0.25, -0.2) is 0 Å². The van der Waals surface area contributed by atoms with Crippen LogP contribution < -0.4 is 0 Å². The summed E-state index contributed by atoms with van der Waals surface area (Å²) in [6.07, 6.45) is 23.1. The van der Waals surface area contributed by atoms with Crippen LogP contribution in [0.3, 0.4) is 0 Å². The number of aliphatic hydroxyl groups is 1. The number of ether oxygens (including phenoxy) is 2. The Kier molecular flexibility index (Phi) is 22.3. The third-order valence-corrected chi connectivity index (χ3v) is 5.36. The summed E-state index contributed by atoms with van der Waals surface area (Å²) in [6, 6.07) is 0. The van der Waals surface area contributed by atoms with Crippen LogP contribution in [0.25, 0.3) is 0 Å². The summed E-state index contributed by atoms with van der Waals surface area (Å²) >= 11 is 0. The SMILES string of the molecule is CCCCCCCC/C=C\CCCCCCCCCC(=O)OC(CO)COC(=O)CC. The summed E-state index contributed by atoms with van der Waals surface area (Å²) in [4.78, 5) is 22.9. The number of carbonyl (C=O) groups excluding carboxylic acids is 2. The molecule has 0 bridgehead atoms. The highest BCUT2D eigenvalue weighted by molar-refractivity contribution is 5.70. The third-order valence-electron chi connectivity index (χ3n) is 5.36. The van der Waals surface area contributed by atoms with Gasteiger partial charge >= 0.3 is 11.9 Å². The van der Waals surface area contributed by atoms with Gasteiger partial charge in [-0.15, -0.1) is 0 Å². The summed E-state index contributed by atoms with van der Waals surface area (Å²) < 4.78 is 10.1. The molecular formula is C26H48O5. The summed E-state index contributed by atoms with van der Waals surface area (Å²) in [5, 5.41) is 9.21. The van der Waals surface area contributed by atoms with E-state index in [4.69, 9.17) is 9.47 Å². The molecule has 1 N–H and O–H groups in total. The van der Waals surface area contributed by atoms with Crippen LogP contribution in [-0.4, -0.2) is 36.4 Å². The van der Waals surface area contributed by atoms with Crippen molar-refractivity contribution in [1.29, 1.82) is 0 Å². The fraction of sp³-hybridized carbons (Fsp3) is 0.846. The van der Waals surface area contributed by atoms with Crippen LogP contribution in [0.5, 0.6) is 0 Å². The van der Waals surface area contributed by atoms with Gasteiger partial charge in [-0.3, -0.25) is 9.59 Å². The van der Waals surface area contributed by atoms with Crippen molar-refractivity contribution in [2.75, 3.05) is 13.2 Å². The van der Waals surface area contributed by atoms with Gasteiger partial charge in [-0.05, 0) is 32.1 Å². The fourth-order valence-corrected chi connectivity index (χ4v) is 3.35. The van der Waals surface area contributed by atoms with Crippen LogP contribution in [0, 0.1) is 0 Å². The van der Waals surface area contributed by atoms with E-state index in [1.165, 1.54) is 77.0 Å². The van der Waals surface area contributed by atoms with Gasteiger partial charge in [0.15, 0.2) is 6.10 Å². The van der Waals surface area contributed by atoms with Crippen LogP contribution in [0.4, 0.5) is 0 Å². The molecule has 0 aliphatic carbocycles. The highest BCUT2D eigenvalue weighted by Crippen LogP contribution is 2.12. The molecule has 31 heavy (non-hydrogen) atoms. The van der Waals surface area contributed by atoms with Crippen LogP contribution in [0.2, 0.25) is 0 Å². The molecule has 0 radical (unpaired) electrons. The largest absolute Gasteiger partial charge is 0.462 e. The Balaban J connectivity index is 3.42. The summed E-state index contributed by atoms with van der Waals surface area (Å²) in [7, 11) is 0. The Morgan fingerprint density at radius 1 is 0.742 bits per heavy atom. The van der Waals surface area contributed by atoms with Gasteiger partial charge in [0.05, 0.1) is 6.61 Å². The van der Waals surface area contributed by atoms with E-state index in [9.17, 15) is 14.7 Å². The smallest absolute Gasteiger partial charge is 0.306 e. The molecule has 0 aromatic rings. The predicted octanol–water partition coefficient (Wildman–Crippen LogP) is 6.66. The van der Waals surface area contributed by atoms with Crippen molar-refractivity contribution in [3.05, 3.63) is 12.2 Å². The summed E-state index contributed by atoms with van der Waals surface area (Å²) in [5.74, 6) is -0.696. The Hall–Kier alpha value is -1.36. The van der Waals surface area contributed by atoms with Crippen molar-refractivity contribution >= 4 is 11.9 Å². The van der Waals surface area contributed by atoms with Gasteiger partial charge in [0.1, 0.15) is 6.61 Å². The monoisotopic (exact) mass is 440 g/mol. The maximum absolute atomic E-state index is 11.8. The molecule has 1 atom stereocenters. The van der Waals surface area contributed by atoms with Gasteiger partial charge in [-0.2, -0.15) is 0 Å². The van der Waals surface area contributed by atoms with E-state index in [0.717, 1.165) is 19.3 Å². The van der Waals surface area contributed by atoms with E-state index < -0.39 is 6.10 Å². The average Bonchev–Trinajstić information content (AvgIpc) is 2.78. The maximum atomic E-state index is 11.8. The second-order valence-electron chi connectivity index (χ2n) is 8.37. The molecule has 5 nitrogen and oxygen atoms in total. The molecule has 0 aliphatic rings. The van der Waals surface area contributed by atoms with Crippen LogP contribution in [-0.2, 0) is 19.1 Å². The highest BCUT2D eigenvalue weighted by Gasteiger charge is 2.15. The van der Waals surface area contributed by atoms with Crippen molar-refractivity contribution in [3.63, 3.8) is 0 Å². The van der Waals surface area contributed by atoms with E-state index in [1.54, 1.807) is 6.92 Å². The number of esters is 2. The zero-order valence-corrected chi connectivity index (χ0v) is 20.2. The molecule has 182 valence electrons. The molecule has 0 fully saturated rings. The maximum Gasteiger partial charge on any atom is 0.306 e. The molecule has 0 saturated heterocycles. The topological polar surface area (TPSA) is 72.8 Å². The quantitative estimate of drug-likeness (QED) is 0.116. The third kappa shape index (κ3) is 21.7. The molecule has 5 heteroatoms. The normalized spacial score (nSPS) is 12.2. The minimum absolute atomic E-state index is 0.0802. The van der Waals surface area contributed by atoms with E-state index in [0.29, 0.717) is 6.42 Å². The van der Waals surface area contributed by atoms with Gasteiger partial charge in [0.25, 0.3) is 0 Å². The van der Waals surface area contributed by atoms with Crippen molar-refractivity contribution < 1.29 is 24.2 Å². The number of carbonyl (C=O) groups is 2. The standard InChI is InChI=1S/C26H48O5/c1-3-5-6-7-8-9-10-11-12-13-14-15-16-17-18-19-20-21-26(29)31-24(22-27)23-30-25(28)4-2/h11-12,24,27H,3-10,13-23H2,1-2H3/b12-11-. The Bertz CT molecular complexity index is 447. The first-order valence-electron chi connectivity index (χ1n) is 12.7. The lowest BCUT2D eigenvalue weighted by Crippen LogP contribution is -2.28. The van der Waals surface area contributed by atoms with Crippen LogP contribution >= 0.6 is 0 Å². The lowest BCUT2D eigenvalue weighted by molar-refractivity contribution is -0.161. The second-order valence-corrected chi connectivity index (χ2v) is 8.37. The molecule has 0 rings (SSSR count). The molecule has 0 aromatic heterocycles. The molecule has 0 spiro atoms. The summed E-state index contributed by atoms with van der Waals surface area (Å²) in [6.45, 7) is 3.53. The number of allylic oxidation sites excluding steroid dienone is 2. The van der Waals surface area contributed by atoms with Crippen LogP contribution in [0.1, 0.15) is 123 Å². The second kappa shape index (κ2) is 23.3. The summed E-state index contributed by atoms with van der Waals surface area (Å²) in [5.41, 5.74) is 0. The van der Waals surface area contributed by atoms with Crippen molar-refractivity contribution in [1.82, 2.24) is 0 Å². The minimum atomic E-state index is -0.761. The van der Waals surface area contributed by atoms with E-state index in [-0.39, 0.29) is 31.6 Å². The van der Waals surface area contributed by atoms with E-state index in [2.05, 4.69) is 19.1 Å². The van der Waals surface area contributed by atoms with Gasteiger partial charge in [0, 0.05) is 12.8 Å². The van der Waals surface area contributed by atoms with Gasteiger partial charge in [-0.1, -0.05) is 90.2 Å². The number of hydrogen-bond acceptors (Lipinski definition) is 5.